The number of aromatic nitrogens is 4. The van der Waals surface area contributed by atoms with Crippen molar-refractivity contribution in [1.29, 1.82) is 0 Å². The van der Waals surface area contributed by atoms with E-state index >= 15 is 0 Å². The van der Waals surface area contributed by atoms with Gasteiger partial charge in [0.1, 0.15) is 5.52 Å². The number of hydrogen-bond donors (Lipinski definition) is 2. The average molecular weight is 257 g/mol. The first-order valence-corrected chi connectivity index (χ1v) is 5.77. The van der Waals surface area contributed by atoms with Gasteiger partial charge in [0, 0.05) is 12.7 Å². The third kappa shape index (κ3) is 2.79. The molecule has 0 aliphatic carbocycles. The monoisotopic (exact) mass is 257 g/mol. The minimum absolute atomic E-state index is 0.220. The van der Waals surface area contributed by atoms with Crippen LogP contribution in [0.15, 0.2) is 47.6 Å². The van der Waals surface area contributed by atoms with Crippen molar-refractivity contribution in [3.63, 3.8) is 0 Å². The molecular weight excluding hydrogens is 242 g/mol. The Labute approximate surface area is 110 Å². The zero-order valence-corrected chi connectivity index (χ0v) is 10.8. The summed E-state index contributed by atoms with van der Waals surface area (Å²) in [7, 11) is 1.71. The first-order valence-electron chi connectivity index (χ1n) is 5.77. The van der Waals surface area contributed by atoms with Crippen LogP contribution in [0, 0.1) is 0 Å². The zero-order chi connectivity index (χ0) is 13.8. The Morgan fingerprint density at radius 2 is 2.32 bits per heavy atom. The second kappa shape index (κ2) is 5.34. The lowest BCUT2D eigenvalue weighted by Gasteiger charge is -2.04. The number of rotatable bonds is 4. The summed E-state index contributed by atoms with van der Waals surface area (Å²) < 4.78 is 1.50. The summed E-state index contributed by atoms with van der Waals surface area (Å²) in [6.45, 7) is 5.46. The molecule has 2 heterocycles. The Bertz CT molecular complexity index is 720. The van der Waals surface area contributed by atoms with Crippen LogP contribution < -0.4 is 10.9 Å². The van der Waals surface area contributed by atoms with E-state index in [1.165, 1.54) is 4.68 Å². The van der Waals surface area contributed by atoms with Crippen molar-refractivity contribution < 1.29 is 0 Å². The molecule has 0 amide bonds. The van der Waals surface area contributed by atoms with Gasteiger partial charge in [-0.15, -0.1) is 0 Å². The van der Waals surface area contributed by atoms with Crippen LogP contribution in [0.1, 0.15) is 6.92 Å². The van der Waals surface area contributed by atoms with Crippen molar-refractivity contribution in [3.05, 3.63) is 53.1 Å². The van der Waals surface area contributed by atoms with E-state index in [1.807, 2.05) is 25.2 Å². The summed E-state index contributed by atoms with van der Waals surface area (Å²) in [5, 5.41) is 7.02. The lowest BCUT2D eigenvalue weighted by atomic mass is 10.4. The Hall–Kier alpha value is -2.63. The van der Waals surface area contributed by atoms with Gasteiger partial charge in [0.25, 0.3) is 5.56 Å². The lowest BCUT2D eigenvalue weighted by Crippen LogP contribution is -2.14. The van der Waals surface area contributed by atoms with Crippen LogP contribution in [0.3, 0.4) is 0 Å². The van der Waals surface area contributed by atoms with Crippen molar-refractivity contribution in [2.24, 2.45) is 7.05 Å². The highest BCUT2D eigenvalue weighted by atomic mass is 16.1. The van der Waals surface area contributed by atoms with E-state index < -0.39 is 0 Å². The molecule has 0 aromatic carbocycles. The molecule has 0 spiro atoms. The highest BCUT2D eigenvalue weighted by Gasteiger charge is 2.07. The number of anilines is 1. The number of nitrogens with zero attached hydrogens (tertiary/aromatic N) is 3. The molecule has 0 aliphatic heterocycles. The molecule has 2 rings (SSSR count). The molecule has 6 heteroatoms. The molecule has 0 atom stereocenters. The number of aryl methyl sites for hydroxylation is 1. The van der Waals surface area contributed by atoms with Crippen LogP contribution in [0.5, 0.6) is 0 Å². The molecule has 2 aromatic heterocycles. The van der Waals surface area contributed by atoms with Crippen LogP contribution >= 0.6 is 0 Å². The molecule has 0 aliphatic rings. The molecule has 0 unspecified atom stereocenters. The van der Waals surface area contributed by atoms with Crippen LogP contribution in [0.25, 0.3) is 11.0 Å². The summed E-state index contributed by atoms with van der Waals surface area (Å²) in [5.74, 6) is 0.395. The summed E-state index contributed by atoms with van der Waals surface area (Å²) >= 11 is 0. The Balaban J connectivity index is 2.32. The standard InChI is InChI=1S/C13H15N5O/c1-4-5-6-7-9(2)15-13-16-10-8-14-18(3)11(10)12(19)17-13/h4-8H,1H2,2-3H3,(H2,15,16,17,19)/b6-5-,9-7+. The summed E-state index contributed by atoms with van der Waals surface area (Å²) in [4.78, 5) is 18.8. The summed E-state index contributed by atoms with van der Waals surface area (Å²) in [6, 6.07) is 0. The molecule has 0 saturated heterocycles. The lowest BCUT2D eigenvalue weighted by molar-refractivity contribution is 0.792. The van der Waals surface area contributed by atoms with Crippen molar-refractivity contribution >= 4 is 17.0 Å². The highest BCUT2D eigenvalue weighted by Crippen LogP contribution is 2.08. The van der Waals surface area contributed by atoms with Crippen molar-refractivity contribution in [3.8, 4) is 0 Å². The number of H-pyrrole nitrogens is 1. The van der Waals surface area contributed by atoms with Crippen LogP contribution in [-0.2, 0) is 7.05 Å². The summed E-state index contributed by atoms with van der Waals surface area (Å²) in [5.41, 5.74) is 1.65. The van der Waals surface area contributed by atoms with E-state index in [4.69, 9.17) is 0 Å². The van der Waals surface area contributed by atoms with E-state index in [9.17, 15) is 4.79 Å². The van der Waals surface area contributed by atoms with Gasteiger partial charge >= 0.3 is 0 Å². The number of aromatic amines is 1. The molecule has 0 bridgehead atoms. The van der Waals surface area contributed by atoms with Gasteiger partial charge in [-0.2, -0.15) is 5.10 Å². The van der Waals surface area contributed by atoms with Gasteiger partial charge < -0.3 is 5.32 Å². The van der Waals surface area contributed by atoms with Gasteiger partial charge in [-0.05, 0) is 13.0 Å². The van der Waals surface area contributed by atoms with E-state index in [2.05, 4.69) is 27.0 Å². The smallest absolute Gasteiger partial charge is 0.278 e. The maximum absolute atomic E-state index is 11.9. The van der Waals surface area contributed by atoms with Gasteiger partial charge in [-0.3, -0.25) is 14.5 Å². The van der Waals surface area contributed by atoms with Gasteiger partial charge in [0.05, 0.1) is 6.20 Å². The molecular formula is C13H15N5O. The molecule has 2 aromatic rings. The molecule has 98 valence electrons. The Morgan fingerprint density at radius 3 is 3.05 bits per heavy atom. The van der Waals surface area contributed by atoms with Gasteiger partial charge in [-0.25, -0.2) is 4.98 Å². The van der Waals surface area contributed by atoms with Crippen molar-refractivity contribution in [2.45, 2.75) is 6.92 Å². The third-order valence-electron chi connectivity index (χ3n) is 2.51. The van der Waals surface area contributed by atoms with E-state index in [-0.39, 0.29) is 5.56 Å². The fourth-order valence-corrected chi connectivity index (χ4v) is 1.65. The maximum Gasteiger partial charge on any atom is 0.278 e. The molecule has 6 nitrogen and oxygen atoms in total. The molecule has 2 N–H and O–H groups in total. The Kier molecular flexibility index (Phi) is 3.61. The van der Waals surface area contributed by atoms with Gasteiger partial charge in [0.2, 0.25) is 5.95 Å². The van der Waals surface area contributed by atoms with Crippen LogP contribution in [0.4, 0.5) is 5.95 Å². The second-order valence-corrected chi connectivity index (χ2v) is 4.01. The van der Waals surface area contributed by atoms with Crippen LogP contribution in [-0.4, -0.2) is 19.7 Å². The number of allylic oxidation sites excluding steroid dienone is 5. The largest absolute Gasteiger partial charge is 0.330 e. The fourth-order valence-electron chi connectivity index (χ4n) is 1.65. The number of fused-ring (bicyclic) bond motifs is 1. The normalized spacial score (nSPS) is 12.2. The zero-order valence-electron chi connectivity index (χ0n) is 10.8. The van der Waals surface area contributed by atoms with Crippen LogP contribution in [0.2, 0.25) is 0 Å². The predicted octanol–water partition coefficient (Wildman–Crippen LogP) is 1.71. The molecule has 0 radical (unpaired) electrons. The second-order valence-electron chi connectivity index (χ2n) is 4.01. The van der Waals surface area contributed by atoms with Gasteiger partial charge in [0.15, 0.2) is 5.52 Å². The van der Waals surface area contributed by atoms with E-state index in [0.717, 1.165) is 5.70 Å². The molecule has 0 saturated carbocycles. The molecule has 0 fully saturated rings. The van der Waals surface area contributed by atoms with Crippen molar-refractivity contribution in [1.82, 2.24) is 19.7 Å². The molecule has 19 heavy (non-hydrogen) atoms. The van der Waals surface area contributed by atoms with E-state index in [1.54, 1.807) is 19.3 Å². The maximum atomic E-state index is 11.9. The predicted molar refractivity (Wildman–Crippen MR) is 75.8 cm³/mol. The van der Waals surface area contributed by atoms with Crippen molar-refractivity contribution in [2.75, 3.05) is 5.32 Å². The van der Waals surface area contributed by atoms with Gasteiger partial charge in [-0.1, -0.05) is 24.8 Å². The Morgan fingerprint density at radius 1 is 1.53 bits per heavy atom. The average Bonchev–Trinajstić information content (AvgIpc) is 2.71. The first kappa shape index (κ1) is 12.8. The minimum atomic E-state index is -0.220. The third-order valence-corrected chi connectivity index (χ3v) is 2.51. The quantitative estimate of drug-likeness (QED) is 0.818. The number of hydrogen-bond acceptors (Lipinski definition) is 4. The fraction of sp³-hybridized carbons (Fsp3) is 0.154. The SMILES string of the molecule is C=C/C=C\C=C(/C)Nc1nc2cnn(C)c2c(=O)[nH]1. The topological polar surface area (TPSA) is 75.6 Å². The first-order chi connectivity index (χ1) is 9.11. The number of nitrogens with one attached hydrogen (secondary N) is 2. The minimum Gasteiger partial charge on any atom is -0.330 e. The summed E-state index contributed by atoms with van der Waals surface area (Å²) in [6.07, 6.45) is 8.76. The highest BCUT2D eigenvalue weighted by molar-refractivity contribution is 5.74. The van der Waals surface area contributed by atoms with E-state index in [0.29, 0.717) is 17.0 Å².